The maximum absolute atomic E-state index is 9.49. The molecule has 0 fully saturated rings. The Labute approximate surface area is 114 Å². The zero-order chi connectivity index (χ0) is 13.7. The number of nitrogen functional groups attached to an aromatic ring is 1. The Morgan fingerprint density at radius 1 is 1.16 bits per heavy atom. The van der Waals surface area contributed by atoms with E-state index in [0.29, 0.717) is 5.69 Å². The summed E-state index contributed by atoms with van der Waals surface area (Å²) in [5.74, 6) is 0. The van der Waals surface area contributed by atoms with Crippen LogP contribution in [0.4, 0.5) is 11.4 Å². The molecule has 0 aromatic heterocycles. The summed E-state index contributed by atoms with van der Waals surface area (Å²) in [6, 6.07) is 16.0. The van der Waals surface area contributed by atoms with E-state index >= 15 is 0 Å². The van der Waals surface area contributed by atoms with Gasteiger partial charge in [-0.25, -0.2) is 0 Å². The van der Waals surface area contributed by atoms with Crippen LogP contribution in [0.25, 0.3) is 0 Å². The second kappa shape index (κ2) is 6.25. The first kappa shape index (κ1) is 13.4. The molecule has 2 rings (SSSR count). The highest BCUT2D eigenvalue weighted by atomic mass is 16.3. The number of anilines is 2. The lowest BCUT2D eigenvalue weighted by Crippen LogP contribution is -2.26. The van der Waals surface area contributed by atoms with Crippen molar-refractivity contribution in [2.45, 2.75) is 19.4 Å². The second-order valence-corrected chi connectivity index (χ2v) is 4.80. The molecule has 0 spiro atoms. The van der Waals surface area contributed by atoms with Crippen LogP contribution < -0.4 is 11.1 Å². The predicted molar refractivity (Wildman–Crippen MR) is 80.2 cm³/mol. The van der Waals surface area contributed by atoms with Gasteiger partial charge in [-0.2, -0.15) is 0 Å². The number of aryl methyl sites for hydroxylation is 1. The van der Waals surface area contributed by atoms with Crippen LogP contribution in [0, 0.1) is 6.92 Å². The molecule has 0 bridgehead atoms. The van der Waals surface area contributed by atoms with E-state index in [2.05, 4.69) is 17.4 Å². The summed E-state index contributed by atoms with van der Waals surface area (Å²) in [6.07, 6.45) is 0.769. The van der Waals surface area contributed by atoms with Gasteiger partial charge in [0.15, 0.2) is 0 Å². The maximum Gasteiger partial charge on any atom is 0.0636 e. The molecule has 0 aliphatic heterocycles. The molecule has 19 heavy (non-hydrogen) atoms. The minimum atomic E-state index is -0.0348. The van der Waals surface area contributed by atoms with Crippen molar-refractivity contribution in [2.24, 2.45) is 0 Å². The molecule has 0 aliphatic rings. The highest BCUT2D eigenvalue weighted by Crippen LogP contribution is 2.21. The largest absolute Gasteiger partial charge is 0.397 e. The summed E-state index contributed by atoms with van der Waals surface area (Å²) in [7, 11) is 0. The number of nitrogens with two attached hydrogens (primary N) is 1. The molecule has 4 N–H and O–H groups in total. The summed E-state index contributed by atoms with van der Waals surface area (Å²) in [5.41, 5.74) is 9.89. The average Bonchev–Trinajstić information content (AvgIpc) is 2.42. The fraction of sp³-hybridized carbons (Fsp3) is 0.250. The monoisotopic (exact) mass is 256 g/mol. The van der Waals surface area contributed by atoms with Crippen molar-refractivity contribution in [3.05, 3.63) is 59.7 Å². The van der Waals surface area contributed by atoms with Gasteiger partial charge in [-0.15, -0.1) is 0 Å². The first-order valence-corrected chi connectivity index (χ1v) is 6.46. The molecule has 3 nitrogen and oxygen atoms in total. The van der Waals surface area contributed by atoms with Gasteiger partial charge in [-0.1, -0.05) is 36.4 Å². The lowest BCUT2D eigenvalue weighted by Gasteiger charge is -2.19. The second-order valence-electron chi connectivity index (χ2n) is 4.80. The highest BCUT2D eigenvalue weighted by molar-refractivity contribution is 5.67. The molecular weight excluding hydrogens is 236 g/mol. The van der Waals surface area contributed by atoms with Gasteiger partial charge in [-0.3, -0.25) is 0 Å². The Hall–Kier alpha value is -2.00. The van der Waals surface area contributed by atoms with Gasteiger partial charge < -0.3 is 16.2 Å². The molecule has 0 saturated carbocycles. The Balaban J connectivity index is 2.06. The number of benzene rings is 2. The average molecular weight is 256 g/mol. The van der Waals surface area contributed by atoms with Gasteiger partial charge in [-0.05, 0) is 36.6 Å². The van der Waals surface area contributed by atoms with Crippen molar-refractivity contribution in [1.82, 2.24) is 0 Å². The van der Waals surface area contributed by atoms with E-state index in [-0.39, 0.29) is 12.6 Å². The van der Waals surface area contributed by atoms with Crippen LogP contribution in [0.2, 0.25) is 0 Å². The molecule has 0 heterocycles. The molecule has 0 saturated heterocycles. The molecule has 0 amide bonds. The molecule has 100 valence electrons. The molecule has 2 aromatic rings. The fourth-order valence-electron chi connectivity index (χ4n) is 2.09. The zero-order valence-electron chi connectivity index (χ0n) is 11.1. The molecule has 0 aliphatic carbocycles. The first-order valence-electron chi connectivity index (χ1n) is 6.46. The number of aliphatic hydroxyl groups is 1. The molecule has 0 radical (unpaired) electrons. The van der Waals surface area contributed by atoms with Crippen molar-refractivity contribution in [2.75, 3.05) is 17.7 Å². The Bertz CT molecular complexity index is 526. The topological polar surface area (TPSA) is 58.3 Å². The van der Waals surface area contributed by atoms with Crippen LogP contribution in [0.15, 0.2) is 48.5 Å². The van der Waals surface area contributed by atoms with Gasteiger partial charge >= 0.3 is 0 Å². The number of aliphatic hydroxyl groups excluding tert-OH is 1. The van der Waals surface area contributed by atoms with Gasteiger partial charge in [0.25, 0.3) is 0 Å². The standard InChI is InChI=1S/C16H20N2O/c1-12-7-8-16(15(17)9-12)18-14(11-19)10-13-5-3-2-4-6-13/h2-9,14,18-19H,10-11,17H2,1H3. The number of nitrogens with one attached hydrogen (secondary N) is 1. The van der Waals surface area contributed by atoms with E-state index in [9.17, 15) is 5.11 Å². The van der Waals surface area contributed by atoms with Crippen LogP contribution in [0.3, 0.4) is 0 Å². The van der Waals surface area contributed by atoms with Crippen LogP contribution in [-0.4, -0.2) is 17.8 Å². The van der Waals surface area contributed by atoms with Crippen molar-refractivity contribution in [3.8, 4) is 0 Å². The lowest BCUT2D eigenvalue weighted by molar-refractivity contribution is 0.274. The van der Waals surface area contributed by atoms with Crippen molar-refractivity contribution in [3.63, 3.8) is 0 Å². The van der Waals surface area contributed by atoms with Crippen molar-refractivity contribution < 1.29 is 5.11 Å². The van der Waals surface area contributed by atoms with Gasteiger partial charge in [0.1, 0.15) is 0 Å². The highest BCUT2D eigenvalue weighted by Gasteiger charge is 2.09. The SMILES string of the molecule is Cc1ccc(NC(CO)Cc2ccccc2)c(N)c1. The third-order valence-corrected chi connectivity index (χ3v) is 3.11. The summed E-state index contributed by atoms with van der Waals surface area (Å²) in [4.78, 5) is 0. The summed E-state index contributed by atoms with van der Waals surface area (Å²) < 4.78 is 0. The molecular formula is C16H20N2O. The fourth-order valence-corrected chi connectivity index (χ4v) is 2.09. The van der Waals surface area contributed by atoms with E-state index in [1.165, 1.54) is 5.56 Å². The van der Waals surface area contributed by atoms with Crippen molar-refractivity contribution >= 4 is 11.4 Å². The quantitative estimate of drug-likeness (QED) is 0.721. The maximum atomic E-state index is 9.49. The summed E-state index contributed by atoms with van der Waals surface area (Å²) >= 11 is 0. The van der Waals surface area contributed by atoms with Crippen LogP contribution in [-0.2, 0) is 6.42 Å². The number of hydrogen-bond donors (Lipinski definition) is 3. The first-order chi connectivity index (χ1) is 9.19. The molecule has 3 heteroatoms. The Morgan fingerprint density at radius 3 is 2.53 bits per heavy atom. The van der Waals surface area contributed by atoms with E-state index in [4.69, 9.17) is 5.73 Å². The number of rotatable bonds is 5. The van der Waals surface area contributed by atoms with Crippen LogP contribution in [0.5, 0.6) is 0 Å². The Morgan fingerprint density at radius 2 is 1.89 bits per heavy atom. The van der Waals surface area contributed by atoms with E-state index in [1.807, 2.05) is 43.3 Å². The molecule has 1 unspecified atom stereocenters. The number of hydrogen-bond acceptors (Lipinski definition) is 3. The molecule has 1 atom stereocenters. The van der Waals surface area contributed by atoms with Crippen molar-refractivity contribution in [1.29, 1.82) is 0 Å². The van der Waals surface area contributed by atoms with Gasteiger partial charge in [0, 0.05) is 0 Å². The van der Waals surface area contributed by atoms with Crippen LogP contribution in [0.1, 0.15) is 11.1 Å². The van der Waals surface area contributed by atoms with E-state index < -0.39 is 0 Å². The third kappa shape index (κ3) is 3.73. The minimum absolute atomic E-state index is 0.0348. The normalized spacial score (nSPS) is 12.1. The summed E-state index contributed by atoms with van der Waals surface area (Å²) in [6.45, 7) is 2.08. The van der Waals surface area contributed by atoms with Gasteiger partial charge in [0.05, 0.1) is 24.0 Å². The minimum Gasteiger partial charge on any atom is -0.397 e. The third-order valence-electron chi connectivity index (χ3n) is 3.11. The van der Waals surface area contributed by atoms with Crippen LogP contribution >= 0.6 is 0 Å². The van der Waals surface area contributed by atoms with Gasteiger partial charge in [0.2, 0.25) is 0 Å². The van der Waals surface area contributed by atoms with E-state index in [1.54, 1.807) is 0 Å². The lowest BCUT2D eigenvalue weighted by atomic mass is 10.1. The Kier molecular flexibility index (Phi) is 4.42. The smallest absolute Gasteiger partial charge is 0.0636 e. The predicted octanol–water partition coefficient (Wildman–Crippen LogP) is 2.59. The summed E-state index contributed by atoms with van der Waals surface area (Å²) in [5, 5.41) is 12.8. The molecule has 2 aromatic carbocycles. The van der Waals surface area contributed by atoms with E-state index in [0.717, 1.165) is 17.7 Å². The zero-order valence-corrected chi connectivity index (χ0v) is 11.1.